The summed E-state index contributed by atoms with van der Waals surface area (Å²) in [7, 11) is 3.32. The number of nitrogens with zero attached hydrogens (tertiary/aromatic N) is 1. The van der Waals surface area contributed by atoms with Crippen LogP contribution < -0.4 is 14.4 Å². The minimum atomic E-state index is -0.842. The van der Waals surface area contributed by atoms with Gasteiger partial charge in [-0.05, 0) is 65.1 Å². The summed E-state index contributed by atoms with van der Waals surface area (Å²) in [5.41, 5.74) is 5.30. The average Bonchev–Trinajstić information content (AvgIpc) is 3.27. The summed E-state index contributed by atoms with van der Waals surface area (Å²) in [6, 6.07) is 22.1. The molecule has 1 amide bonds. The number of fused-ring (bicyclic) bond motifs is 4. The minimum Gasteiger partial charge on any atom is -0.497 e. The molecular weight excluding hydrogens is 374 g/mol. The summed E-state index contributed by atoms with van der Waals surface area (Å²) in [6.45, 7) is 2.64. The molecule has 4 heteroatoms. The second-order valence-corrected chi connectivity index (χ2v) is 7.57. The number of para-hydroxylation sites is 1. The molecule has 2 aliphatic rings. The second kappa shape index (κ2) is 6.77. The maximum atomic E-state index is 13.9. The molecule has 1 atom stereocenters. The van der Waals surface area contributed by atoms with Gasteiger partial charge in [-0.1, -0.05) is 42.5 Å². The predicted octanol–water partition coefficient (Wildman–Crippen LogP) is 4.80. The highest BCUT2D eigenvalue weighted by atomic mass is 16.5. The van der Waals surface area contributed by atoms with Gasteiger partial charge in [-0.2, -0.15) is 0 Å². The van der Waals surface area contributed by atoms with Crippen molar-refractivity contribution in [3.05, 3.63) is 95.1 Å². The standard InChI is InChI=1S/C26H23NO3/c1-4-27-24-8-6-5-7-22(24)26(25(27)28)16-21(17-9-11-18(29-2)12-10-17)20-14-13-19(30-3)15-23(20)26/h5-16H,4H2,1-3H3. The number of rotatable bonds is 4. The summed E-state index contributed by atoms with van der Waals surface area (Å²) in [6.07, 6.45) is 2.13. The van der Waals surface area contributed by atoms with Crippen LogP contribution in [-0.2, 0) is 10.2 Å². The number of amides is 1. The van der Waals surface area contributed by atoms with Gasteiger partial charge >= 0.3 is 0 Å². The Hall–Kier alpha value is -3.53. The third kappa shape index (κ3) is 2.37. The van der Waals surface area contributed by atoms with Gasteiger partial charge in [0.1, 0.15) is 16.9 Å². The number of anilines is 1. The smallest absolute Gasteiger partial charge is 0.246 e. The summed E-state index contributed by atoms with van der Waals surface area (Å²) in [5, 5.41) is 0. The lowest BCUT2D eigenvalue weighted by Crippen LogP contribution is -2.39. The quantitative estimate of drug-likeness (QED) is 0.635. The summed E-state index contributed by atoms with van der Waals surface area (Å²) >= 11 is 0. The molecule has 1 aliphatic carbocycles. The lowest BCUT2D eigenvalue weighted by molar-refractivity contribution is -0.120. The molecule has 0 N–H and O–H groups in total. The molecule has 3 aromatic rings. The van der Waals surface area contributed by atoms with Crippen molar-refractivity contribution in [3.8, 4) is 11.5 Å². The van der Waals surface area contributed by atoms with E-state index in [1.54, 1.807) is 14.2 Å². The van der Waals surface area contributed by atoms with Crippen molar-refractivity contribution in [1.82, 2.24) is 0 Å². The number of benzene rings is 3. The maximum Gasteiger partial charge on any atom is 0.246 e. The number of hydrogen-bond donors (Lipinski definition) is 0. The van der Waals surface area contributed by atoms with Gasteiger partial charge in [-0.3, -0.25) is 4.79 Å². The van der Waals surface area contributed by atoms with Gasteiger partial charge in [0.15, 0.2) is 0 Å². The molecule has 1 aliphatic heterocycles. The van der Waals surface area contributed by atoms with Crippen LogP contribution in [0.15, 0.2) is 72.8 Å². The topological polar surface area (TPSA) is 38.8 Å². The fraction of sp³-hybridized carbons (Fsp3) is 0.192. The highest BCUT2D eigenvalue weighted by molar-refractivity contribution is 6.15. The van der Waals surface area contributed by atoms with E-state index in [1.165, 1.54) is 0 Å². The van der Waals surface area contributed by atoms with Crippen molar-refractivity contribution < 1.29 is 14.3 Å². The fourth-order valence-corrected chi connectivity index (χ4v) is 4.79. The number of methoxy groups -OCH3 is 2. The number of ether oxygens (including phenoxy) is 2. The van der Waals surface area contributed by atoms with Crippen LogP contribution in [0.5, 0.6) is 11.5 Å². The van der Waals surface area contributed by atoms with Gasteiger partial charge in [0.05, 0.1) is 14.2 Å². The highest BCUT2D eigenvalue weighted by Crippen LogP contribution is 2.55. The molecule has 0 saturated carbocycles. The predicted molar refractivity (Wildman–Crippen MR) is 118 cm³/mol. The third-order valence-electron chi connectivity index (χ3n) is 6.22. The summed E-state index contributed by atoms with van der Waals surface area (Å²) < 4.78 is 10.8. The zero-order valence-corrected chi connectivity index (χ0v) is 17.3. The molecule has 3 aromatic carbocycles. The zero-order valence-electron chi connectivity index (χ0n) is 17.3. The van der Waals surface area contributed by atoms with Gasteiger partial charge in [-0.25, -0.2) is 0 Å². The van der Waals surface area contributed by atoms with Crippen molar-refractivity contribution in [2.45, 2.75) is 12.3 Å². The van der Waals surface area contributed by atoms with E-state index in [-0.39, 0.29) is 5.91 Å². The van der Waals surface area contributed by atoms with E-state index in [2.05, 4.69) is 18.2 Å². The first-order chi connectivity index (χ1) is 14.6. The molecule has 1 heterocycles. The normalized spacial score (nSPS) is 19.0. The molecule has 0 radical (unpaired) electrons. The number of carbonyl (C=O) groups excluding carboxylic acids is 1. The van der Waals surface area contributed by atoms with E-state index in [1.807, 2.05) is 66.4 Å². The van der Waals surface area contributed by atoms with Gasteiger partial charge in [0.25, 0.3) is 0 Å². The lowest BCUT2D eigenvalue weighted by atomic mass is 9.77. The van der Waals surface area contributed by atoms with Crippen molar-refractivity contribution >= 4 is 17.2 Å². The SMILES string of the molecule is CCN1C(=O)C2(C=C(c3ccc(OC)cc3)c3ccc(OC)cc32)c2ccccc21. The molecule has 1 unspecified atom stereocenters. The Morgan fingerprint density at radius 2 is 1.57 bits per heavy atom. The molecule has 5 rings (SSSR count). The molecule has 0 saturated heterocycles. The molecule has 30 heavy (non-hydrogen) atoms. The largest absolute Gasteiger partial charge is 0.497 e. The summed E-state index contributed by atoms with van der Waals surface area (Å²) in [5.74, 6) is 1.64. The molecule has 0 fully saturated rings. The second-order valence-electron chi connectivity index (χ2n) is 7.57. The van der Waals surface area contributed by atoms with Crippen LogP contribution in [0.2, 0.25) is 0 Å². The first-order valence-corrected chi connectivity index (χ1v) is 10.1. The van der Waals surface area contributed by atoms with Crippen LogP contribution in [0.25, 0.3) is 5.57 Å². The number of carbonyl (C=O) groups is 1. The van der Waals surface area contributed by atoms with Gasteiger partial charge in [0, 0.05) is 12.2 Å². The Labute approximate surface area is 176 Å². The van der Waals surface area contributed by atoms with E-state index < -0.39 is 5.41 Å². The molecule has 0 bridgehead atoms. The monoisotopic (exact) mass is 397 g/mol. The fourth-order valence-electron chi connectivity index (χ4n) is 4.79. The van der Waals surface area contributed by atoms with Crippen molar-refractivity contribution in [1.29, 1.82) is 0 Å². The third-order valence-corrected chi connectivity index (χ3v) is 6.22. The van der Waals surface area contributed by atoms with E-state index >= 15 is 0 Å². The Kier molecular flexibility index (Phi) is 4.17. The summed E-state index contributed by atoms with van der Waals surface area (Å²) in [4.78, 5) is 15.8. The first kappa shape index (κ1) is 18.5. The van der Waals surface area contributed by atoms with Crippen LogP contribution >= 0.6 is 0 Å². The highest BCUT2D eigenvalue weighted by Gasteiger charge is 2.54. The van der Waals surface area contributed by atoms with Crippen molar-refractivity contribution in [2.24, 2.45) is 0 Å². The van der Waals surface area contributed by atoms with Crippen LogP contribution in [0, 0.1) is 0 Å². The van der Waals surface area contributed by atoms with Gasteiger partial charge in [-0.15, -0.1) is 0 Å². The average molecular weight is 397 g/mol. The van der Waals surface area contributed by atoms with E-state index in [9.17, 15) is 4.79 Å². The van der Waals surface area contributed by atoms with E-state index in [4.69, 9.17) is 9.47 Å². The molecule has 4 nitrogen and oxygen atoms in total. The van der Waals surface area contributed by atoms with Gasteiger partial charge in [0.2, 0.25) is 5.91 Å². The Bertz CT molecular complexity index is 1180. The molecular formula is C26H23NO3. The van der Waals surface area contributed by atoms with Crippen LogP contribution in [0.4, 0.5) is 5.69 Å². The molecule has 0 aromatic heterocycles. The first-order valence-electron chi connectivity index (χ1n) is 10.1. The van der Waals surface area contributed by atoms with Crippen molar-refractivity contribution in [2.75, 3.05) is 25.7 Å². The Balaban J connectivity index is 1.80. The Morgan fingerprint density at radius 3 is 2.27 bits per heavy atom. The van der Waals surface area contributed by atoms with E-state index in [0.29, 0.717) is 6.54 Å². The van der Waals surface area contributed by atoms with Crippen LogP contribution in [0.1, 0.15) is 29.2 Å². The minimum absolute atomic E-state index is 0.0872. The number of likely N-dealkylation sites (N-methyl/N-ethyl adjacent to an activating group) is 1. The van der Waals surface area contributed by atoms with E-state index in [0.717, 1.165) is 45.0 Å². The molecule has 1 spiro atoms. The van der Waals surface area contributed by atoms with Crippen LogP contribution in [0.3, 0.4) is 0 Å². The number of hydrogen-bond acceptors (Lipinski definition) is 3. The van der Waals surface area contributed by atoms with Crippen LogP contribution in [-0.4, -0.2) is 26.7 Å². The lowest BCUT2D eigenvalue weighted by Gasteiger charge is -2.24. The molecule has 150 valence electrons. The van der Waals surface area contributed by atoms with Gasteiger partial charge < -0.3 is 14.4 Å². The Morgan fingerprint density at radius 1 is 0.867 bits per heavy atom. The maximum absolute atomic E-state index is 13.9. The van der Waals surface area contributed by atoms with Crippen molar-refractivity contribution in [3.63, 3.8) is 0 Å². The zero-order chi connectivity index (χ0) is 20.9.